The van der Waals surface area contributed by atoms with Crippen molar-refractivity contribution >= 4 is 21.6 Å². The molecular weight excluding hydrogens is 357 g/mol. The summed E-state index contributed by atoms with van der Waals surface area (Å²) in [6, 6.07) is 10.1. The van der Waals surface area contributed by atoms with Crippen LogP contribution in [0, 0.1) is 12.7 Å². The second-order valence-electron chi connectivity index (χ2n) is 6.10. The first-order valence-electron chi connectivity index (χ1n) is 8.26. The van der Waals surface area contributed by atoms with Crippen molar-refractivity contribution < 1.29 is 17.6 Å². The van der Waals surface area contributed by atoms with Crippen LogP contribution in [0.2, 0.25) is 0 Å². The van der Waals surface area contributed by atoms with E-state index in [-0.39, 0.29) is 27.6 Å². The molecule has 0 aliphatic carbocycles. The van der Waals surface area contributed by atoms with E-state index in [1.54, 1.807) is 29.2 Å². The van der Waals surface area contributed by atoms with E-state index in [0.717, 1.165) is 6.07 Å². The minimum atomic E-state index is -3.94. The molecule has 1 aliphatic heterocycles. The molecular formula is C18H20FN3O3S. The van der Waals surface area contributed by atoms with Crippen LogP contribution in [0.1, 0.15) is 15.9 Å². The average Bonchev–Trinajstić information content (AvgIpc) is 2.64. The van der Waals surface area contributed by atoms with E-state index < -0.39 is 15.8 Å². The van der Waals surface area contributed by atoms with Crippen molar-refractivity contribution in [1.82, 2.24) is 10.2 Å². The average molecular weight is 377 g/mol. The number of carbonyl (C=O) groups is 1. The first-order valence-corrected chi connectivity index (χ1v) is 9.75. The highest BCUT2D eigenvalue weighted by molar-refractivity contribution is 7.92. The van der Waals surface area contributed by atoms with Gasteiger partial charge in [-0.25, -0.2) is 12.8 Å². The molecule has 1 heterocycles. The van der Waals surface area contributed by atoms with Crippen molar-refractivity contribution in [3.05, 3.63) is 59.4 Å². The summed E-state index contributed by atoms with van der Waals surface area (Å²) in [6.45, 7) is 4.04. The van der Waals surface area contributed by atoms with E-state index in [1.165, 1.54) is 19.1 Å². The Balaban J connectivity index is 1.90. The number of hydrogen-bond acceptors (Lipinski definition) is 4. The molecule has 1 fully saturated rings. The normalized spacial score (nSPS) is 14.9. The van der Waals surface area contributed by atoms with Gasteiger partial charge in [-0.15, -0.1) is 0 Å². The molecule has 0 atom stereocenters. The number of benzene rings is 2. The number of piperazine rings is 1. The molecule has 3 rings (SSSR count). The molecule has 8 heteroatoms. The highest BCUT2D eigenvalue weighted by Crippen LogP contribution is 2.23. The van der Waals surface area contributed by atoms with E-state index in [9.17, 15) is 17.6 Å². The number of hydrogen-bond donors (Lipinski definition) is 2. The Bertz CT molecular complexity index is 925. The number of sulfonamides is 1. The van der Waals surface area contributed by atoms with Gasteiger partial charge in [-0.3, -0.25) is 9.52 Å². The highest BCUT2D eigenvalue weighted by Gasteiger charge is 2.23. The molecule has 26 heavy (non-hydrogen) atoms. The Hall–Kier alpha value is -2.45. The molecule has 1 amide bonds. The highest BCUT2D eigenvalue weighted by atomic mass is 32.2. The molecule has 0 aromatic heterocycles. The van der Waals surface area contributed by atoms with E-state index in [1.807, 2.05) is 0 Å². The van der Waals surface area contributed by atoms with Crippen molar-refractivity contribution in [2.24, 2.45) is 0 Å². The van der Waals surface area contributed by atoms with Crippen molar-refractivity contribution in [2.45, 2.75) is 11.8 Å². The van der Waals surface area contributed by atoms with Crippen LogP contribution in [-0.2, 0) is 10.0 Å². The SMILES string of the molecule is Cc1cc(S(=O)(=O)Nc2ccccc2C(=O)N2CCNCC2)ccc1F. The van der Waals surface area contributed by atoms with Gasteiger partial charge in [-0.2, -0.15) is 0 Å². The largest absolute Gasteiger partial charge is 0.336 e. The summed E-state index contributed by atoms with van der Waals surface area (Å²) in [5.41, 5.74) is 0.730. The molecule has 138 valence electrons. The molecule has 0 spiro atoms. The Morgan fingerprint density at radius 3 is 2.54 bits per heavy atom. The van der Waals surface area contributed by atoms with Gasteiger partial charge >= 0.3 is 0 Å². The van der Waals surface area contributed by atoms with Gasteiger partial charge in [0.2, 0.25) is 0 Å². The van der Waals surface area contributed by atoms with E-state index in [2.05, 4.69) is 10.0 Å². The first kappa shape index (κ1) is 18.3. The van der Waals surface area contributed by atoms with Crippen LogP contribution in [0.4, 0.5) is 10.1 Å². The lowest BCUT2D eigenvalue weighted by Gasteiger charge is -2.28. The summed E-state index contributed by atoms with van der Waals surface area (Å²) in [4.78, 5) is 14.4. The van der Waals surface area contributed by atoms with Gasteiger partial charge in [-0.05, 0) is 42.8 Å². The quantitative estimate of drug-likeness (QED) is 0.854. The lowest BCUT2D eigenvalue weighted by atomic mass is 10.1. The third kappa shape index (κ3) is 3.86. The monoisotopic (exact) mass is 377 g/mol. The summed E-state index contributed by atoms with van der Waals surface area (Å²) in [6.07, 6.45) is 0. The maximum atomic E-state index is 13.4. The molecule has 1 saturated heterocycles. The number of nitrogens with one attached hydrogen (secondary N) is 2. The third-order valence-electron chi connectivity index (χ3n) is 4.25. The lowest BCUT2D eigenvalue weighted by Crippen LogP contribution is -2.46. The molecule has 2 aromatic carbocycles. The topological polar surface area (TPSA) is 78.5 Å². The molecule has 2 N–H and O–H groups in total. The molecule has 0 bridgehead atoms. The molecule has 0 saturated carbocycles. The summed E-state index contributed by atoms with van der Waals surface area (Å²) in [7, 11) is -3.94. The predicted octanol–water partition coefficient (Wildman–Crippen LogP) is 1.98. The number of nitrogens with zero attached hydrogens (tertiary/aromatic N) is 1. The van der Waals surface area contributed by atoms with Crippen LogP contribution in [0.25, 0.3) is 0 Å². The smallest absolute Gasteiger partial charge is 0.261 e. The molecule has 0 radical (unpaired) electrons. The number of para-hydroxylation sites is 1. The molecule has 2 aromatic rings. The second kappa shape index (κ2) is 7.43. The van der Waals surface area contributed by atoms with Crippen molar-refractivity contribution in [3.8, 4) is 0 Å². The van der Waals surface area contributed by atoms with Crippen LogP contribution in [-0.4, -0.2) is 45.4 Å². The van der Waals surface area contributed by atoms with Crippen LogP contribution in [0.3, 0.4) is 0 Å². The minimum absolute atomic E-state index is 0.0548. The molecule has 0 unspecified atom stereocenters. The number of anilines is 1. The second-order valence-corrected chi connectivity index (χ2v) is 7.79. The number of halogens is 1. The third-order valence-corrected chi connectivity index (χ3v) is 5.61. The molecule has 6 nitrogen and oxygen atoms in total. The van der Waals surface area contributed by atoms with Gasteiger partial charge < -0.3 is 10.2 Å². The van der Waals surface area contributed by atoms with Crippen molar-refractivity contribution in [2.75, 3.05) is 30.9 Å². The predicted molar refractivity (Wildman–Crippen MR) is 97.2 cm³/mol. The number of carbonyl (C=O) groups excluding carboxylic acids is 1. The van der Waals surface area contributed by atoms with Gasteiger partial charge in [0.05, 0.1) is 16.1 Å². The van der Waals surface area contributed by atoms with Gasteiger partial charge in [0.1, 0.15) is 5.82 Å². The summed E-state index contributed by atoms with van der Waals surface area (Å²) in [5, 5.41) is 3.17. The maximum absolute atomic E-state index is 13.4. The summed E-state index contributed by atoms with van der Waals surface area (Å²) < 4.78 is 41.2. The summed E-state index contributed by atoms with van der Waals surface area (Å²) in [5.74, 6) is -0.696. The van der Waals surface area contributed by atoms with Crippen LogP contribution in [0.15, 0.2) is 47.4 Å². The van der Waals surface area contributed by atoms with Crippen molar-refractivity contribution in [1.29, 1.82) is 0 Å². The van der Waals surface area contributed by atoms with Gasteiger partial charge in [0.15, 0.2) is 0 Å². The fourth-order valence-corrected chi connectivity index (χ4v) is 3.95. The van der Waals surface area contributed by atoms with Gasteiger partial charge in [0.25, 0.3) is 15.9 Å². The zero-order valence-electron chi connectivity index (χ0n) is 14.3. The van der Waals surface area contributed by atoms with Crippen molar-refractivity contribution in [3.63, 3.8) is 0 Å². The van der Waals surface area contributed by atoms with Gasteiger partial charge in [0, 0.05) is 26.2 Å². The number of aryl methyl sites for hydroxylation is 1. The van der Waals surface area contributed by atoms with E-state index in [4.69, 9.17) is 0 Å². The van der Waals surface area contributed by atoms with Crippen LogP contribution < -0.4 is 10.0 Å². The fourth-order valence-electron chi connectivity index (χ4n) is 2.78. The summed E-state index contributed by atoms with van der Waals surface area (Å²) >= 11 is 0. The Morgan fingerprint density at radius 1 is 1.15 bits per heavy atom. The van der Waals surface area contributed by atoms with Crippen LogP contribution >= 0.6 is 0 Å². The van der Waals surface area contributed by atoms with E-state index >= 15 is 0 Å². The maximum Gasteiger partial charge on any atom is 0.261 e. The Morgan fingerprint density at radius 2 is 1.85 bits per heavy atom. The lowest BCUT2D eigenvalue weighted by molar-refractivity contribution is 0.0737. The zero-order chi connectivity index (χ0) is 18.7. The number of rotatable bonds is 4. The van der Waals surface area contributed by atoms with E-state index in [0.29, 0.717) is 26.2 Å². The number of amides is 1. The molecule has 1 aliphatic rings. The van der Waals surface area contributed by atoms with Crippen LogP contribution in [0.5, 0.6) is 0 Å². The standard InChI is InChI=1S/C18H20FN3O3S/c1-13-12-14(6-7-16(13)19)26(24,25)21-17-5-3-2-4-15(17)18(23)22-10-8-20-9-11-22/h2-7,12,20-21H,8-11H2,1H3. The Labute approximate surface area is 152 Å². The minimum Gasteiger partial charge on any atom is -0.336 e. The van der Waals surface area contributed by atoms with Gasteiger partial charge in [-0.1, -0.05) is 12.1 Å². The Kier molecular flexibility index (Phi) is 5.24. The zero-order valence-corrected chi connectivity index (χ0v) is 15.1. The fraction of sp³-hybridized carbons (Fsp3) is 0.278. The first-order chi connectivity index (χ1) is 12.4.